The van der Waals surface area contributed by atoms with Crippen LogP contribution >= 0.6 is 0 Å². The first-order valence-electron chi connectivity index (χ1n) is 5.34. The van der Waals surface area contributed by atoms with Crippen LogP contribution in [0.25, 0.3) is 0 Å². The highest BCUT2D eigenvalue weighted by molar-refractivity contribution is 5.18. The predicted molar refractivity (Wildman–Crippen MR) is 56.1 cm³/mol. The van der Waals surface area contributed by atoms with Crippen LogP contribution in [-0.4, -0.2) is 21.5 Å². The van der Waals surface area contributed by atoms with E-state index in [0.717, 1.165) is 24.9 Å². The molecule has 0 saturated heterocycles. The van der Waals surface area contributed by atoms with Crippen molar-refractivity contribution >= 4 is 0 Å². The Hall–Kier alpha value is -1.29. The van der Waals surface area contributed by atoms with Gasteiger partial charge in [-0.1, -0.05) is 0 Å². The molecule has 2 rings (SSSR count). The Morgan fingerprint density at radius 3 is 3.13 bits per heavy atom. The molecule has 82 valence electrons. The third-order valence-electron chi connectivity index (χ3n) is 2.53. The zero-order chi connectivity index (χ0) is 10.7. The molecule has 4 heteroatoms. The molecule has 0 saturated carbocycles. The molecule has 1 N–H and O–H groups in total. The van der Waals surface area contributed by atoms with Gasteiger partial charge in [0.1, 0.15) is 11.9 Å². The van der Waals surface area contributed by atoms with E-state index < -0.39 is 6.10 Å². The lowest BCUT2D eigenvalue weighted by molar-refractivity contribution is 0.0917. The highest BCUT2D eigenvalue weighted by Crippen LogP contribution is 2.25. The molecule has 1 aliphatic rings. The van der Waals surface area contributed by atoms with E-state index in [4.69, 9.17) is 4.74 Å². The molecular formula is C11H16N2O2. The molecule has 0 fully saturated rings. The van der Waals surface area contributed by atoms with Crippen molar-refractivity contribution in [3.63, 3.8) is 0 Å². The quantitative estimate of drug-likeness (QED) is 0.821. The van der Waals surface area contributed by atoms with Gasteiger partial charge in [0, 0.05) is 18.3 Å². The van der Waals surface area contributed by atoms with E-state index >= 15 is 0 Å². The van der Waals surface area contributed by atoms with E-state index in [0.29, 0.717) is 12.4 Å². The maximum Gasteiger partial charge on any atom is 0.139 e. The van der Waals surface area contributed by atoms with Gasteiger partial charge in [0.25, 0.3) is 0 Å². The third kappa shape index (κ3) is 2.21. The first kappa shape index (κ1) is 10.2. The van der Waals surface area contributed by atoms with Gasteiger partial charge in [-0.2, -0.15) is 5.10 Å². The van der Waals surface area contributed by atoms with Gasteiger partial charge in [-0.05, 0) is 25.8 Å². The van der Waals surface area contributed by atoms with Gasteiger partial charge in [0.15, 0.2) is 0 Å². The highest BCUT2D eigenvalue weighted by Gasteiger charge is 2.18. The second-order valence-electron chi connectivity index (χ2n) is 3.63. The lowest BCUT2D eigenvalue weighted by atomic mass is 10.1. The summed E-state index contributed by atoms with van der Waals surface area (Å²) >= 11 is 0. The molecule has 15 heavy (non-hydrogen) atoms. The number of ether oxygens (including phenoxy) is 1. The van der Waals surface area contributed by atoms with Crippen molar-refractivity contribution in [1.29, 1.82) is 0 Å². The molecular weight excluding hydrogens is 192 g/mol. The average molecular weight is 208 g/mol. The van der Waals surface area contributed by atoms with Crippen molar-refractivity contribution in [3.05, 3.63) is 29.8 Å². The molecule has 0 aromatic carbocycles. The molecule has 1 unspecified atom stereocenters. The SMILES string of the molecule is CCn1cc(C(O)C2=CCCCO2)cn1. The summed E-state index contributed by atoms with van der Waals surface area (Å²) in [5.74, 6) is 0.664. The van der Waals surface area contributed by atoms with Gasteiger partial charge < -0.3 is 9.84 Å². The second-order valence-corrected chi connectivity index (χ2v) is 3.63. The molecule has 0 bridgehead atoms. The lowest BCUT2D eigenvalue weighted by Crippen LogP contribution is -2.09. The molecule has 1 aliphatic heterocycles. The Morgan fingerprint density at radius 1 is 1.67 bits per heavy atom. The van der Waals surface area contributed by atoms with Crippen molar-refractivity contribution in [2.24, 2.45) is 0 Å². The van der Waals surface area contributed by atoms with E-state index in [-0.39, 0.29) is 0 Å². The van der Waals surface area contributed by atoms with Crippen LogP contribution in [0.2, 0.25) is 0 Å². The molecule has 4 nitrogen and oxygen atoms in total. The summed E-state index contributed by atoms with van der Waals surface area (Å²) in [6, 6.07) is 0. The fourth-order valence-corrected chi connectivity index (χ4v) is 1.63. The Kier molecular flexibility index (Phi) is 3.06. The number of rotatable bonds is 3. The Morgan fingerprint density at radius 2 is 2.53 bits per heavy atom. The molecule has 1 aromatic rings. The number of allylic oxidation sites excluding steroid dienone is 1. The Labute approximate surface area is 89.2 Å². The number of aliphatic hydroxyl groups excluding tert-OH is 1. The fourth-order valence-electron chi connectivity index (χ4n) is 1.63. The van der Waals surface area contributed by atoms with Crippen molar-refractivity contribution in [1.82, 2.24) is 9.78 Å². The molecule has 0 amide bonds. The maximum atomic E-state index is 10.0. The summed E-state index contributed by atoms with van der Waals surface area (Å²) < 4.78 is 7.20. The minimum absolute atomic E-state index is 0.661. The predicted octanol–water partition coefficient (Wildman–Crippen LogP) is 1.63. The minimum atomic E-state index is -0.661. The minimum Gasteiger partial charge on any atom is -0.495 e. The highest BCUT2D eigenvalue weighted by atomic mass is 16.5. The van der Waals surface area contributed by atoms with E-state index in [1.165, 1.54) is 0 Å². The van der Waals surface area contributed by atoms with E-state index in [1.807, 2.05) is 19.2 Å². The van der Waals surface area contributed by atoms with Gasteiger partial charge >= 0.3 is 0 Å². The van der Waals surface area contributed by atoms with Gasteiger partial charge in [-0.25, -0.2) is 0 Å². The molecule has 1 aromatic heterocycles. The monoisotopic (exact) mass is 208 g/mol. The van der Waals surface area contributed by atoms with Crippen LogP contribution in [0, 0.1) is 0 Å². The molecule has 1 atom stereocenters. The van der Waals surface area contributed by atoms with Crippen molar-refractivity contribution in [2.45, 2.75) is 32.4 Å². The van der Waals surface area contributed by atoms with Crippen LogP contribution in [0.15, 0.2) is 24.2 Å². The van der Waals surface area contributed by atoms with Crippen molar-refractivity contribution in [3.8, 4) is 0 Å². The largest absolute Gasteiger partial charge is 0.495 e. The average Bonchev–Trinajstić information content (AvgIpc) is 2.78. The number of nitrogens with zero attached hydrogens (tertiary/aromatic N) is 2. The summed E-state index contributed by atoms with van der Waals surface area (Å²) in [5, 5.41) is 14.1. The summed E-state index contributed by atoms with van der Waals surface area (Å²) in [5.41, 5.74) is 0.796. The molecule has 2 heterocycles. The van der Waals surface area contributed by atoms with Crippen LogP contribution in [0.1, 0.15) is 31.4 Å². The molecule has 0 radical (unpaired) electrons. The number of aromatic nitrogens is 2. The van der Waals surface area contributed by atoms with Crippen LogP contribution in [0.3, 0.4) is 0 Å². The van der Waals surface area contributed by atoms with E-state index in [2.05, 4.69) is 5.10 Å². The van der Waals surface area contributed by atoms with Gasteiger partial charge in [0.05, 0.1) is 12.8 Å². The zero-order valence-electron chi connectivity index (χ0n) is 8.89. The summed E-state index contributed by atoms with van der Waals surface area (Å²) in [4.78, 5) is 0. The third-order valence-corrected chi connectivity index (χ3v) is 2.53. The number of aryl methyl sites for hydroxylation is 1. The van der Waals surface area contributed by atoms with Crippen LogP contribution in [-0.2, 0) is 11.3 Å². The standard InChI is InChI=1S/C11H16N2O2/c1-2-13-8-9(7-12-13)11(14)10-5-3-4-6-15-10/h5,7-8,11,14H,2-4,6H2,1H3. The van der Waals surface area contributed by atoms with Gasteiger partial charge in [-0.3, -0.25) is 4.68 Å². The lowest BCUT2D eigenvalue weighted by Gasteiger charge is -2.18. The van der Waals surface area contributed by atoms with Crippen LogP contribution < -0.4 is 0 Å². The van der Waals surface area contributed by atoms with E-state index in [9.17, 15) is 5.11 Å². The van der Waals surface area contributed by atoms with E-state index in [1.54, 1.807) is 10.9 Å². The van der Waals surface area contributed by atoms with Crippen LogP contribution in [0.4, 0.5) is 0 Å². The van der Waals surface area contributed by atoms with Crippen molar-refractivity contribution in [2.75, 3.05) is 6.61 Å². The summed E-state index contributed by atoms with van der Waals surface area (Å²) in [6.07, 6.45) is 6.85. The summed E-state index contributed by atoms with van der Waals surface area (Å²) in [6.45, 7) is 3.52. The second kappa shape index (κ2) is 4.49. The summed E-state index contributed by atoms with van der Waals surface area (Å²) in [7, 11) is 0. The first-order valence-corrected chi connectivity index (χ1v) is 5.34. The topological polar surface area (TPSA) is 47.3 Å². The van der Waals surface area contributed by atoms with Crippen molar-refractivity contribution < 1.29 is 9.84 Å². The molecule has 0 spiro atoms. The zero-order valence-corrected chi connectivity index (χ0v) is 8.89. The molecule has 0 aliphatic carbocycles. The Bertz CT molecular complexity index is 357. The maximum absolute atomic E-state index is 10.0. The Balaban J connectivity index is 2.12. The fraction of sp³-hybridized carbons (Fsp3) is 0.545. The number of aliphatic hydroxyl groups is 1. The van der Waals surface area contributed by atoms with Gasteiger partial charge in [0.2, 0.25) is 0 Å². The number of hydrogen-bond acceptors (Lipinski definition) is 3. The van der Waals surface area contributed by atoms with Crippen LogP contribution in [0.5, 0.6) is 0 Å². The first-order chi connectivity index (χ1) is 7.31. The smallest absolute Gasteiger partial charge is 0.139 e. The number of hydrogen-bond donors (Lipinski definition) is 1. The van der Waals surface area contributed by atoms with Gasteiger partial charge in [-0.15, -0.1) is 0 Å². The normalized spacial score (nSPS) is 18.1.